The van der Waals surface area contributed by atoms with Gasteiger partial charge in [0.2, 0.25) is 0 Å². The van der Waals surface area contributed by atoms with Gasteiger partial charge in [-0.15, -0.1) is 0 Å². The largest absolute Gasteiger partial charge is 0.113 e. The lowest BCUT2D eigenvalue weighted by Crippen LogP contribution is -2.00. The number of rotatable bonds is 1. The maximum atomic E-state index is 5.62. The average Bonchev–Trinajstić information content (AvgIpc) is 2.20. The van der Waals surface area contributed by atoms with Gasteiger partial charge in [0.1, 0.15) is 7.85 Å². The van der Waals surface area contributed by atoms with E-state index in [0.29, 0.717) is 0 Å². The topological polar surface area (TPSA) is 0 Å². The quantitative estimate of drug-likeness (QED) is 0.561. The van der Waals surface area contributed by atoms with E-state index in [1.807, 2.05) is 12.1 Å². The molecule has 0 atom stereocenters. The first-order valence-corrected chi connectivity index (χ1v) is 4.58. The molecule has 0 saturated heterocycles. The number of hydrogen-bond donors (Lipinski definition) is 0. The molecule has 0 aromatic heterocycles. The third-order valence-corrected chi connectivity index (χ3v) is 2.30. The smallest absolute Gasteiger partial charge is 0.0966 e. The minimum Gasteiger partial charge on any atom is -0.0966 e. The molecule has 2 radical (unpaired) electrons. The van der Waals surface area contributed by atoms with Gasteiger partial charge in [-0.1, -0.05) is 48.0 Å². The summed E-state index contributed by atoms with van der Waals surface area (Å²) in [5, 5.41) is 0. The molecule has 0 saturated carbocycles. The predicted octanol–water partition coefficient (Wildman–Crippen LogP) is 2.21. The second-order valence-corrected chi connectivity index (χ2v) is 3.28. The Morgan fingerprint density at radius 2 is 1.85 bits per heavy atom. The second kappa shape index (κ2) is 3.65. The van der Waals surface area contributed by atoms with Gasteiger partial charge in [0.25, 0.3) is 0 Å². The van der Waals surface area contributed by atoms with Gasteiger partial charge < -0.3 is 0 Å². The summed E-state index contributed by atoms with van der Waals surface area (Å²) in [5.74, 6) is 0. The van der Waals surface area contributed by atoms with Gasteiger partial charge in [-0.2, -0.15) is 0 Å². The zero-order valence-electron chi connectivity index (χ0n) is 7.53. The Morgan fingerprint density at radius 3 is 2.46 bits per heavy atom. The lowest BCUT2D eigenvalue weighted by Gasteiger charge is -2.09. The first-order valence-electron chi connectivity index (χ1n) is 4.58. The van der Waals surface area contributed by atoms with Crippen molar-refractivity contribution in [1.82, 2.24) is 0 Å². The van der Waals surface area contributed by atoms with Crippen LogP contribution in [0.25, 0.3) is 5.57 Å². The summed E-state index contributed by atoms with van der Waals surface area (Å²) in [6.45, 7) is 0. The molecule has 0 bridgehead atoms. The Morgan fingerprint density at radius 1 is 1.08 bits per heavy atom. The Labute approximate surface area is 80.4 Å². The molecule has 1 aliphatic rings. The van der Waals surface area contributed by atoms with E-state index in [1.54, 1.807) is 0 Å². The minimum atomic E-state index is 0.829. The molecule has 0 amide bonds. The summed E-state index contributed by atoms with van der Waals surface area (Å²) >= 11 is 0. The van der Waals surface area contributed by atoms with Crippen molar-refractivity contribution in [3.63, 3.8) is 0 Å². The molecule has 0 spiro atoms. The third-order valence-electron chi connectivity index (χ3n) is 2.30. The molecular weight excluding hydrogens is 155 g/mol. The van der Waals surface area contributed by atoms with Gasteiger partial charge in [0, 0.05) is 0 Å². The Balaban J connectivity index is 2.30. The zero-order valence-corrected chi connectivity index (χ0v) is 7.53. The van der Waals surface area contributed by atoms with Crippen molar-refractivity contribution in [3.8, 4) is 0 Å². The summed E-state index contributed by atoms with van der Waals surface area (Å²) in [6, 6.07) is 8.07. The highest BCUT2D eigenvalue weighted by atomic mass is 14.1. The molecule has 0 nitrogen and oxygen atoms in total. The number of allylic oxidation sites excluding steroid dienone is 4. The molecule has 1 heteroatoms. The first kappa shape index (κ1) is 8.37. The Kier molecular flexibility index (Phi) is 2.35. The van der Waals surface area contributed by atoms with Crippen LogP contribution in [0.5, 0.6) is 0 Å². The minimum absolute atomic E-state index is 0.829. The van der Waals surface area contributed by atoms with E-state index in [1.165, 1.54) is 11.1 Å². The lowest BCUT2D eigenvalue weighted by molar-refractivity contribution is 1.05. The molecular formula is C12H11B. The van der Waals surface area contributed by atoms with Gasteiger partial charge in [-0.25, -0.2) is 0 Å². The molecule has 1 aliphatic carbocycles. The summed E-state index contributed by atoms with van der Waals surface area (Å²) < 4.78 is 0. The van der Waals surface area contributed by atoms with E-state index in [2.05, 4.69) is 30.4 Å². The summed E-state index contributed by atoms with van der Waals surface area (Å²) in [6.07, 6.45) is 8.78. The first-order chi connectivity index (χ1) is 6.36. The summed E-state index contributed by atoms with van der Waals surface area (Å²) in [4.78, 5) is 0. The van der Waals surface area contributed by atoms with Crippen LogP contribution in [0.1, 0.15) is 18.4 Å². The van der Waals surface area contributed by atoms with E-state index in [4.69, 9.17) is 7.85 Å². The number of benzene rings is 1. The molecule has 0 aliphatic heterocycles. The van der Waals surface area contributed by atoms with E-state index in [0.717, 1.165) is 18.3 Å². The van der Waals surface area contributed by atoms with Crippen molar-refractivity contribution < 1.29 is 0 Å². The highest BCUT2D eigenvalue weighted by Crippen LogP contribution is 2.22. The van der Waals surface area contributed by atoms with Gasteiger partial charge in [0.15, 0.2) is 0 Å². The highest BCUT2D eigenvalue weighted by Gasteiger charge is 2.01. The van der Waals surface area contributed by atoms with Gasteiger partial charge in [-0.05, 0) is 24.0 Å². The molecule has 13 heavy (non-hydrogen) atoms. The zero-order chi connectivity index (χ0) is 9.10. The SMILES string of the molecule is [B]c1ccc(C2=CC=CCC2)cc1. The predicted molar refractivity (Wildman–Crippen MR) is 58.2 cm³/mol. The number of hydrogen-bond acceptors (Lipinski definition) is 0. The third kappa shape index (κ3) is 1.92. The van der Waals surface area contributed by atoms with Crippen molar-refractivity contribution in [1.29, 1.82) is 0 Å². The van der Waals surface area contributed by atoms with Crippen LogP contribution in [0.4, 0.5) is 0 Å². The average molecular weight is 166 g/mol. The van der Waals surface area contributed by atoms with E-state index >= 15 is 0 Å². The van der Waals surface area contributed by atoms with Crippen LogP contribution in [-0.2, 0) is 0 Å². The Hall–Kier alpha value is -1.24. The van der Waals surface area contributed by atoms with E-state index < -0.39 is 0 Å². The summed E-state index contributed by atoms with van der Waals surface area (Å²) in [5.41, 5.74) is 3.52. The van der Waals surface area contributed by atoms with Crippen LogP contribution in [0.15, 0.2) is 42.5 Å². The lowest BCUT2D eigenvalue weighted by atomic mass is 9.91. The van der Waals surface area contributed by atoms with Crippen LogP contribution >= 0.6 is 0 Å². The second-order valence-electron chi connectivity index (χ2n) is 3.28. The van der Waals surface area contributed by atoms with Crippen molar-refractivity contribution in [3.05, 3.63) is 48.1 Å². The van der Waals surface area contributed by atoms with Crippen LogP contribution in [0.2, 0.25) is 0 Å². The fourth-order valence-corrected chi connectivity index (χ4v) is 1.54. The van der Waals surface area contributed by atoms with Gasteiger partial charge in [-0.3, -0.25) is 0 Å². The van der Waals surface area contributed by atoms with Crippen molar-refractivity contribution in [2.45, 2.75) is 12.8 Å². The molecule has 1 aromatic rings. The standard InChI is InChI=1S/C12H11B/c13-12-8-6-11(7-9-12)10-4-2-1-3-5-10/h1-2,4,6-9H,3,5H2. The molecule has 0 unspecified atom stereocenters. The maximum Gasteiger partial charge on any atom is 0.113 e. The van der Waals surface area contributed by atoms with Crippen LogP contribution < -0.4 is 5.46 Å². The maximum absolute atomic E-state index is 5.62. The normalized spacial score (nSPS) is 15.5. The highest BCUT2D eigenvalue weighted by molar-refractivity contribution is 6.32. The van der Waals surface area contributed by atoms with E-state index in [9.17, 15) is 0 Å². The van der Waals surface area contributed by atoms with Gasteiger partial charge >= 0.3 is 0 Å². The molecule has 0 fully saturated rings. The molecule has 0 heterocycles. The van der Waals surface area contributed by atoms with Crippen molar-refractivity contribution >= 4 is 18.9 Å². The van der Waals surface area contributed by atoms with Crippen molar-refractivity contribution in [2.24, 2.45) is 0 Å². The van der Waals surface area contributed by atoms with Crippen LogP contribution in [-0.4, -0.2) is 7.85 Å². The Bertz CT molecular complexity index is 344. The van der Waals surface area contributed by atoms with E-state index in [-0.39, 0.29) is 0 Å². The van der Waals surface area contributed by atoms with Crippen molar-refractivity contribution in [2.75, 3.05) is 0 Å². The fraction of sp³-hybridized carbons (Fsp3) is 0.167. The summed E-state index contributed by atoms with van der Waals surface area (Å²) in [7, 11) is 5.62. The fourth-order valence-electron chi connectivity index (χ4n) is 1.54. The van der Waals surface area contributed by atoms with Crippen LogP contribution in [0.3, 0.4) is 0 Å². The molecule has 1 aromatic carbocycles. The monoisotopic (exact) mass is 166 g/mol. The van der Waals surface area contributed by atoms with Gasteiger partial charge in [0.05, 0.1) is 0 Å². The molecule has 2 rings (SSSR count). The molecule has 62 valence electrons. The molecule has 0 N–H and O–H groups in total. The van der Waals surface area contributed by atoms with Crippen LogP contribution in [0, 0.1) is 0 Å².